The van der Waals surface area contributed by atoms with Crippen molar-refractivity contribution in [2.24, 2.45) is 0 Å². The van der Waals surface area contributed by atoms with Crippen molar-refractivity contribution in [2.45, 2.75) is 6.92 Å². The third kappa shape index (κ3) is 2.46. The molecule has 1 aromatic rings. The van der Waals surface area contributed by atoms with Gasteiger partial charge in [0.05, 0.1) is 0 Å². The van der Waals surface area contributed by atoms with Gasteiger partial charge in [-0.1, -0.05) is 12.1 Å². The summed E-state index contributed by atoms with van der Waals surface area (Å²) in [4.78, 5) is 12.3. The predicted octanol–water partition coefficient (Wildman–Crippen LogP) is 2.35. The molecule has 0 aliphatic carbocycles. The van der Waals surface area contributed by atoms with E-state index in [0.717, 1.165) is 23.1 Å². The first-order valence-corrected chi connectivity index (χ1v) is 4.55. The summed E-state index contributed by atoms with van der Waals surface area (Å²) in [5.41, 5.74) is 3.24. The Hall–Kier alpha value is -1.57. The molecule has 2 nitrogen and oxygen atoms in total. The summed E-state index contributed by atoms with van der Waals surface area (Å²) >= 11 is 0. The minimum Gasteiger partial charge on any atom is -0.378 e. The van der Waals surface area contributed by atoms with Gasteiger partial charge in [0.15, 0.2) is 0 Å². The molecule has 0 amide bonds. The Morgan fingerprint density at radius 3 is 2.21 bits per heavy atom. The van der Waals surface area contributed by atoms with Gasteiger partial charge < -0.3 is 4.90 Å². The first-order chi connectivity index (χ1) is 6.65. The number of allylic oxidation sites excluding steroid dienone is 2. The van der Waals surface area contributed by atoms with Crippen LogP contribution < -0.4 is 4.90 Å². The van der Waals surface area contributed by atoms with Crippen LogP contribution in [0.15, 0.2) is 30.3 Å². The number of rotatable bonds is 3. The minimum atomic E-state index is 0.815. The largest absolute Gasteiger partial charge is 0.378 e. The number of benzene rings is 1. The highest BCUT2D eigenvalue weighted by atomic mass is 16.1. The molecule has 1 aromatic carbocycles. The normalized spacial score (nSPS) is 11.2. The molecule has 0 fully saturated rings. The van der Waals surface area contributed by atoms with Gasteiger partial charge in [-0.2, -0.15) is 0 Å². The van der Waals surface area contributed by atoms with Crippen LogP contribution in [0.5, 0.6) is 0 Å². The van der Waals surface area contributed by atoms with Gasteiger partial charge >= 0.3 is 0 Å². The predicted molar refractivity (Wildman–Crippen MR) is 60.5 cm³/mol. The fraction of sp³-hybridized carbons (Fsp3) is 0.250. The molecule has 1 rings (SSSR count). The van der Waals surface area contributed by atoms with E-state index in [1.165, 1.54) is 0 Å². The highest BCUT2D eigenvalue weighted by molar-refractivity contribution is 5.80. The van der Waals surface area contributed by atoms with Crippen LogP contribution in [0.4, 0.5) is 5.69 Å². The van der Waals surface area contributed by atoms with Crippen molar-refractivity contribution in [3.05, 3.63) is 35.9 Å². The zero-order valence-corrected chi connectivity index (χ0v) is 8.82. The van der Waals surface area contributed by atoms with Gasteiger partial charge in [0.25, 0.3) is 0 Å². The maximum atomic E-state index is 10.3. The van der Waals surface area contributed by atoms with E-state index in [4.69, 9.17) is 0 Å². The highest BCUT2D eigenvalue weighted by Gasteiger charge is 1.97. The third-order valence-corrected chi connectivity index (χ3v) is 2.16. The molecule has 0 atom stereocenters. The van der Waals surface area contributed by atoms with Gasteiger partial charge in [-0.15, -0.1) is 0 Å². The molecule has 0 aliphatic heterocycles. The molecule has 0 radical (unpaired) electrons. The number of anilines is 1. The monoisotopic (exact) mass is 189 g/mol. The lowest BCUT2D eigenvalue weighted by molar-refractivity contribution is -0.104. The van der Waals surface area contributed by atoms with Crippen LogP contribution in [0.25, 0.3) is 5.57 Å². The maximum absolute atomic E-state index is 10.3. The summed E-state index contributed by atoms with van der Waals surface area (Å²) in [6, 6.07) is 8.12. The Balaban J connectivity index is 2.93. The quantitative estimate of drug-likeness (QED) is 0.537. The van der Waals surface area contributed by atoms with Crippen LogP contribution in [0.1, 0.15) is 12.5 Å². The average molecular weight is 189 g/mol. The number of carbonyl (C=O) groups excluding carboxylic acids is 1. The van der Waals surface area contributed by atoms with Crippen molar-refractivity contribution in [3.8, 4) is 0 Å². The van der Waals surface area contributed by atoms with Gasteiger partial charge in [0, 0.05) is 19.8 Å². The summed E-state index contributed by atoms with van der Waals surface area (Å²) in [6.07, 6.45) is 2.39. The van der Waals surface area contributed by atoms with E-state index in [9.17, 15) is 4.79 Å². The van der Waals surface area contributed by atoms with Crippen molar-refractivity contribution in [3.63, 3.8) is 0 Å². The van der Waals surface area contributed by atoms with Crippen LogP contribution in [0.2, 0.25) is 0 Å². The molecule has 0 saturated carbocycles. The van der Waals surface area contributed by atoms with Crippen LogP contribution >= 0.6 is 0 Å². The van der Waals surface area contributed by atoms with E-state index in [0.29, 0.717) is 0 Å². The summed E-state index contributed by atoms with van der Waals surface area (Å²) in [6.45, 7) is 1.93. The lowest BCUT2D eigenvalue weighted by Gasteiger charge is -2.12. The fourth-order valence-corrected chi connectivity index (χ4v) is 1.22. The average Bonchev–Trinajstić information content (AvgIpc) is 2.18. The lowest BCUT2D eigenvalue weighted by Crippen LogP contribution is -2.08. The fourth-order valence-electron chi connectivity index (χ4n) is 1.22. The maximum Gasteiger partial charge on any atom is 0.143 e. The lowest BCUT2D eigenvalue weighted by atomic mass is 10.1. The molecule has 0 aromatic heterocycles. The Kier molecular flexibility index (Phi) is 3.46. The van der Waals surface area contributed by atoms with Crippen molar-refractivity contribution in [1.29, 1.82) is 0 Å². The SMILES string of the molecule is CC(=CC=O)c1ccc(N(C)C)cc1. The molecule has 14 heavy (non-hydrogen) atoms. The minimum absolute atomic E-state index is 0.815. The van der Waals surface area contributed by atoms with Gasteiger partial charge in [0.1, 0.15) is 6.29 Å². The smallest absolute Gasteiger partial charge is 0.143 e. The Morgan fingerprint density at radius 2 is 1.79 bits per heavy atom. The number of aldehydes is 1. The van der Waals surface area contributed by atoms with Gasteiger partial charge in [-0.3, -0.25) is 4.79 Å². The highest BCUT2D eigenvalue weighted by Crippen LogP contribution is 2.17. The molecule has 0 saturated heterocycles. The van der Waals surface area contributed by atoms with Gasteiger partial charge in [-0.05, 0) is 36.3 Å². The molecule has 0 spiro atoms. The number of nitrogens with zero attached hydrogens (tertiary/aromatic N) is 1. The molecule has 74 valence electrons. The molecule has 0 aliphatic rings. The summed E-state index contributed by atoms with van der Waals surface area (Å²) < 4.78 is 0. The molecular weight excluding hydrogens is 174 g/mol. The van der Waals surface area contributed by atoms with Crippen molar-refractivity contribution in [2.75, 3.05) is 19.0 Å². The third-order valence-electron chi connectivity index (χ3n) is 2.16. The topological polar surface area (TPSA) is 20.3 Å². The van der Waals surface area contributed by atoms with Gasteiger partial charge in [0.2, 0.25) is 0 Å². The van der Waals surface area contributed by atoms with Crippen LogP contribution in [-0.4, -0.2) is 20.4 Å². The van der Waals surface area contributed by atoms with Crippen molar-refractivity contribution < 1.29 is 4.79 Å². The zero-order valence-electron chi connectivity index (χ0n) is 8.82. The Bertz CT molecular complexity index is 336. The molecule has 0 bridgehead atoms. The summed E-state index contributed by atoms with van der Waals surface area (Å²) in [5.74, 6) is 0. The van der Waals surface area contributed by atoms with E-state index < -0.39 is 0 Å². The zero-order chi connectivity index (χ0) is 10.6. The van der Waals surface area contributed by atoms with Crippen molar-refractivity contribution in [1.82, 2.24) is 0 Å². The molecular formula is C12H15NO. The van der Waals surface area contributed by atoms with E-state index in [2.05, 4.69) is 0 Å². The first-order valence-electron chi connectivity index (χ1n) is 4.55. The second kappa shape index (κ2) is 4.61. The molecule has 0 heterocycles. The molecule has 2 heteroatoms. The Labute approximate surface area is 84.9 Å². The van der Waals surface area contributed by atoms with Crippen molar-refractivity contribution >= 4 is 17.5 Å². The Morgan fingerprint density at radius 1 is 1.21 bits per heavy atom. The molecule has 0 N–H and O–H groups in total. The van der Waals surface area contributed by atoms with E-state index >= 15 is 0 Å². The van der Waals surface area contributed by atoms with Gasteiger partial charge in [-0.25, -0.2) is 0 Å². The van der Waals surface area contributed by atoms with E-state index in [1.54, 1.807) is 6.08 Å². The van der Waals surface area contributed by atoms with Crippen LogP contribution in [-0.2, 0) is 4.79 Å². The number of hydrogen-bond donors (Lipinski definition) is 0. The standard InChI is InChI=1S/C12H15NO/c1-10(8-9-14)11-4-6-12(7-5-11)13(2)3/h4-9H,1-3H3. The first kappa shape index (κ1) is 10.5. The summed E-state index contributed by atoms with van der Waals surface area (Å²) in [5, 5.41) is 0. The number of hydrogen-bond acceptors (Lipinski definition) is 2. The second-order valence-corrected chi connectivity index (χ2v) is 3.43. The van der Waals surface area contributed by atoms with Crippen LogP contribution in [0, 0.1) is 0 Å². The van der Waals surface area contributed by atoms with E-state index in [1.807, 2.05) is 50.2 Å². The second-order valence-electron chi connectivity index (χ2n) is 3.43. The summed E-state index contributed by atoms with van der Waals surface area (Å²) in [7, 11) is 4.01. The molecule has 0 unspecified atom stereocenters. The number of carbonyl (C=O) groups is 1. The van der Waals surface area contributed by atoms with E-state index in [-0.39, 0.29) is 0 Å². The van der Waals surface area contributed by atoms with Crippen LogP contribution in [0.3, 0.4) is 0 Å².